The molecule has 90 valence electrons. The van der Waals surface area contributed by atoms with E-state index in [9.17, 15) is 0 Å². The first-order valence-corrected chi connectivity index (χ1v) is 5.02. The molecule has 4 nitrogen and oxygen atoms in total. The Balaban J connectivity index is 0.000000171. The van der Waals surface area contributed by atoms with Gasteiger partial charge in [0, 0.05) is 6.07 Å². The lowest BCUT2D eigenvalue weighted by Crippen LogP contribution is -1.66. The minimum absolute atomic E-state index is 0.0190. The maximum Gasteiger partial charge on any atom is 0.134 e. The maximum atomic E-state index is 8.80. The number of aromatic hydroxyl groups is 4. The molecule has 0 unspecified atom stereocenters. The quantitative estimate of drug-likeness (QED) is 0.545. The Morgan fingerprint density at radius 3 is 1.41 bits per heavy atom. The fraction of sp³-hybridized carbons (Fsp3) is 0. The van der Waals surface area contributed by atoms with Crippen LogP contribution >= 0.6 is 11.6 Å². The zero-order valence-corrected chi connectivity index (χ0v) is 9.46. The highest BCUT2D eigenvalue weighted by molar-refractivity contribution is 6.32. The first kappa shape index (κ1) is 13.0. The zero-order valence-electron chi connectivity index (χ0n) is 8.71. The van der Waals surface area contributed by atoms with Gasteiger partial charge in [0.15, 0.2) is 0 Å². The lowest BCUT2D eigenvalue weighted by molar-refractivity contribution is 0.460. The Labute approximate surface area is 103 Å². The van der Waals surface area contributed by atoms with E-state index in [2.05, 4.69) is 0 Å². The molecule has 0 aliphatic rings. The summed E-state index contributed by atoms with van der Waals surface area (Å²) in [5, 5.41) is 35.0. The van der Waals surface area contributed by atoms with Crippen LogP contribution in [0.15, 0.2) is 42.5 Å². The number of benzene rings is 2. The van der Waals surface area contributed by atoms with E-state index >= 15 is 0 Å². The molecule has 0 aliphatic carbocycles. The minimum Gasteiger partial charge on any atom is -0.508 e. The van der Waals surface area contributed by atoms with Crippen LogP contribution < -0.4 is 0 Å². The summed E-state index contributed by atoms with van der Waals surface area (Å²) in [6, 6.07) is 9.67. The van der Waals surface area contributed by atoms with Gasteiger partial charge in [0.25, 0.3) is 0 Å². The van der Waals surface area contributed by atoms with Crippen molar-refractivity contribution in [2.24, 2.45) is 0 Å². The van der Waals surface area contributed by atoms with E-state index in [4.69, 9.17) is 32.0 Å². The Morgan fingerprint density at radius 1 is 0.647 bits per heavy atom. The molecule has 0 spiro atoms. The van der Waals surface area contributed by atoms with Crippen molar-refractivity contribution in [2.75, 3.05) is 0 Å². The van der Waals surface area contributed by atoms with Crippen molar-refractivity contribution in [1.82, 2.24) is 0 Å². The molecule has 0 saturated heterocycles. The highest BCUT2D eigenvalue weighted by Crippen LogP contribution is 2.26. The van der Waals surface area contributed by atoms with Crippen LogP contribution in [0.2, 0.25) is 5.02 Å². The van der Waals surface area contributed by atoms with Crippen LogP contribution in [0.5, 0.6) is 23.0 Å². The van der Waals surface area contributed by atoms with E-state index in [0.717, 1.165) is 0 Å². The van der Waals surface area contributed by atoms with Crippen LogP contribution in [0.3, 0.4) is 0 Å². The predicted octanol–water partition coefficient (Wildman–Crippen LogP) is 2.85. The second-order valence-electron chi connectivity index (χ2n) is 3.15. The summed E-state index contributed by atoms with van der Waals surface area (Å²) in [6.45, 7) is 0. The Morgan fingerprint density at radius 2 is 1.06 bits per heavy atom. The molecule has 0 saturated carbocycles. The van der Waals surface area contributed by atoms with Gasteiger partial charge in [-0.15, -0.1) is 0 Å². The zero-order chi connectivity index (χ0) is 12.8. The maximum absolute atomic E-state index is 8.80. The fourth-order valence-electron chi connectivity index (χ4n) is 0.948. The molecule has 2 aromatic carbocycles. The first-order chi connectivity index (χ1) is 7.99. The van der Waals surface area contributed by atoms with Gasteiger partial charge < -0.3 is 20.4 Å². The summed E-state index contributed by atoms with van der Waals surface area (Å²) in [6.07, 6.45) is 0. The van der Waals surface area contributed by atoms with Gasteiger partial charge in [-0.1, -0.05) is 11.6 Å². The minimum atomic E-state index is -0.0190. The van der Waals surface area contributed by atoms with E-state index in [1.807, 2.05) is 0 Å². The summed E-state index contributed by atoms with van der Waals surface area (Å²) in [7, 11) is 0. The third kappa shape index (κ3) is 4.53. The van der Waals surface area contributed by atoms with Gasteiger partial charge in [-0.3, -0.25) is 0 Å². The molecule has 0 amide bonds. The van der Waals surface area contributed by atoms with Crippen LogP contribution in [0.1, 0.15) is 0 Å². The largest absolute Gasteiger partial charge is 0.508 e. The molecule has 0 fully saturated rings. The Kier molecular flexibility index (Phi) is 4.48. The van der Waals surface area contributed by atoms with Crippen molar-refractivity contribution in [3.05, 3.63) is 47.5 Å². The molecule has 5 heteroatoms. The molecule has 0 heterocycles. The molecule has 4 N–H and O–H groups in total. The van der Waals surface area contributed by atoms with Gasteiger partial charge in [-0.25, -0.2) is 0 Å². The molecule has 0 aromatic heterocycles. The molecule has 0 radical (unpaired) electrons. The molecule has 0 bridgehead atoms. The van der Waals surface area contributed by atoms with Crippen molar-refractivity contribution in [3.63, 3.8) is 0 Å². The summed E-state index contributed by atoms with van der Waals surface area (Å²) < 4.78 is 0. The SMILES string of the molecule is Oc1ccc(O)c(Cl)c1.Oc1ccc(O)cc1. The summed E-state index contributed by atoms with van der Waals surface area (Å²) in [4.78, 5) is 0. The van der Waals surface area contributed by atoms with Gasteiger partial charge in [-0.05, 0) is 36.4 Å². The molecule has 0 atom stereocenters. The van der Waals surface area contributed by atoms with E-state index in [1.165, 1.54) is 42.5 Å². The summed E-state index contributed by atoms with van der Waals surface area (Å²) in [5.41, 5.74) is 0. The van der Waals surface area contributed by atoms with Crippen LogP contribution in [0.4, 0.5) is 0 Å². The van der Waals surface area contributed by atoms with Crippen LogP contribution in [0, 0.1) is 0 Å². The monoisotopic (exact) mass is 254 g/mol. The number of rotatable bonds is 0. The third-order valence-corrected chi connectivity index (χ3v) is 2.08. The van der Waals surface area contributed by atoms with E-state index in [0.29, 0.717) is 0 Å². The second kappa shape index (κ2) is 5.86. The van der Waals surface area contributed by atoms with Gasteiger partial charge in [0.2, 0.25) is 0 Å². The highest BCUT2D eigenvalue weighted by Gasteiger charge is 1.95. The molecule has 17 heavy (non-hydrogen) atoms. The average molecular weight is 255 g/mol. The Hall–Kier alpha value is -2.07. The topological polar surface area (TPSA) is 80.9 Å². The standard InChI is InChI=1S/C6H5ClO2.C6H6O2/c7-5-3-4(8)1-2-6(5)9;7-5-1-2-6(8)4-3-5/h1-3,8-9H;1-4,7-8H. The van der Waals surface area contributed by atoms with E-state index < -0.39 is 0 Å². The van der Waals surface area contributed by atoms with Gasteiger partial charge in [0.1, 0.15) is 23.0 Å². The Bertz CT molecular complexity index is 461. The second-order valence-corrected chi connectivity index (χ2v) is 3.56. The van der Waals surface area contributed by atoms with E-state index in [1.54, 1.807) is 0 Å². The summed E-state index contributed by atoms with van der Waals surface area (Å²) in [5.74, 6) is 0.373. The van der Waals surface area contributed by atoms with Crippen molar-refractivity contribution in [3.8, 4) is 23.0 Å². The number of hydrogen-bond donors (Lipinski definition) is 4. The van der Waals surface area contributed by atoms with Crippen molar-refractivity contribution < 1.29 is 20.4 Å². The number of phenolic OH excluding ortho intramolecular Hbond substituents is 4. The first-order valence-electron chi connectivity index (χ1n) is 4.64. The molecular formula is C12H11ClO4. The van der Waals surface area contributed by atoms with Gasteiger partial charge in [-0.2, -0.15) is 0 Å². The summed E-state index contributed by atoms with van der Waals surface area (Å²) >= 11 is 5.40. The number of phenols is 4. The fourth-order valence-corrected chi connectivity index (χ4v) is 1.12. The van der Waals surface area contributed by atoms with E-state index in [-0.39, 0.29) is 28.0 Å². The lowest BCUT2D eigenvalue weighted by Gasteiger charge is -1.94. The van der Waals surface area contributed by atoms with Crippen LogP contribution in [-0.4, -0.2) is 20.4 Å². The van der Waals surface area contributed by atoms with Crippen molar-refractivity contribution in [2.45, 2.75) is 0 Å². The predicted molar refractivity (Wildman–Crippen MR) is 64.6 cm³/mol. The molecule has 0 aliphatic heterocycles. The van der Waals surface area contributed by atoms with Gasteiger partial charge in [0.05, 0.1) is 5.02 Å². The molecule has 2 rings (SSSR count). The lowest BCUT2D eigenvalue weighted by atomic mass is 10.3. The number of halogens is 1. The van der Waals surface area contributed by atoms with Crippen molar-refractivity contribution >= 4 is 11.6 Å². The number of hydrogen-bond acceptors (Lipinski definition) is 4. The third-order valence-electron chi connectivity index (χ3n) is 1.78. The normalized spacial score (nSPS) is 9.24. The highest BCUT2D eigenvalue weighted by atomic mass is 35.5. The van der Waals surface area contributed by atoms with Crippen molar-refractivity contribution in [1.29, 1.82) is 0 Å². The van der Waals surface area contributed by atoms with Gasteiger partial charge >= 0.3 is 0 Å². The smallest absolute Gasteiger partial charge is 0.134 e. The molecule has 2 aromatic rings. The van der Waals surface area contributed by atoms with Crippen LogP contribution in [-0.2, 0) is 0 Å². The molecular weight excluding hydrogens is 244 g/mol. The average Bonchev–Trinajstić information content (AvgIpc) is 2.29. The van der Waals surface area contributed by atoms with Crippen LogP contribution in [0.25, 0.3) is 0 Å².